The summed E-state index contributed by atoms with van der Waals surface area (Å²) in [7, 11) is 0. The van der Waals surface area contributed by atoms with Gasteiger partial charge in [0, 0.05) is 11.8 Å². The molecule has 1 rings (SSSR count). The number of aromatic nitrogens is 2. The van der Waals surface area contributed by atoms with Crippen molar-refractivity contribution in [2.24, 2.45) is 0 Å². The van der Waals surface area contributed by atoms with E-state index in [0.29, 0.717) is 0 Å². The van der Waals surface area contributed by atoms with E-state index in [0.717, 1.165) is 11.3 Å². The minimum absolute atomic E-state index is 0.873. The molecule has 0 radical (unpaired) electrons. The molecule has 56 valence electrons. The van der Waals surface area contributed by atoms with E-state index < -0.39 is 0 Å². The predicted octanol–water partition coefficient (Wildman–Crippen LogP) is 2.15. The summed E-state index contributed by atoms with van der Waals surface area (Å²) in [6.45, 7) is 5.61. The van der Waals surface area contributed by atoms with Crippen LogP contribution in [0.5, 0.6) is 0 Å². The smallest absolute Gasteiger partial charge is 0.116 e. The van der Waals surface area contributed by atoms with Gasteiger partial charge in [0.25, 0.3) is 0 Å². The SMILES string of the molecule is C=Cc1ncncc1/C=C\C. The van der Waals surface area contributed by atoms with Crippen molar-refractivity contribution in [3.8, 4) is 0 Å². The highest BCUT2D eigenvalue weighted by molar-refractivity contribution is 5.59. The fraction of sp³-hybridized carbons (Fsp3) is 0.111. The largest absolute Gasteiger partial charge is 0.244 e. The Bertz CT molecular complexity index is 277. The van der Waals surface area contributed by atoms with Crippen molar-refractivity contribution in [1.82, 2.24) is 9.97 Å². The molecule has 1 aromatic heterocycles. The van der Waals surface area contributed by atoms with Gasteiger partial charge in [-0.3, -0.25) is 0 Å². The molecule has 0 atom stereocenters. The molecule has 1 heterocycles. The van der Waals surface area contributed by atoms with Crippen LogP contribution in [0.15, 0.2) is 25.2 Å². The minimum atomic E-state index is 0.873. The number of allylic oxidation sites excluding steroid dienone is 1. The van der Waals surface area contributed by atoms with Crippen LogP contribution in [0, 0.1) is 0 Å². The molecular weight excluding hydrogens is 136 g/mol. The van der Waals surface area contributed by atoms with Gasteiger partial charge in [0.1, 0.15) is 6.33 Å². The van der Waals surface area contributed by atoms with E-state index in [1.165, 1.54) is 6.33 Å². The Kier molecular flexibility index (Phi) is 2.55. The maximum absolute atomic E-state index is 4.04. The van der Waals surface area contributed by atoms with E-state index in [-0.39, 0.29) is 0 Å². The summed E-state index contributed by atoms with van der Waals surface area (Å²) in [5, 5.41) is 0. The van der Waals surface area contributed by atoms with Crippen molar-refractivity contribution in [2.75, 3.05) is 0 Å². The molecule has 0 unspecified atom stereocenters. The second-order valence-corrected chi connectivity index (χ2v) is 2.07. The zero-order chi connectivity index (χ0) is 8.10. The summed E-state index contributed by atoms with van der Waals surface area (Å²) in [6.07, 6.45) is 8.91. The van der Waals surface area contributed by atoms with Crippen molar-refractivity contribution in [1.29, 1.82) is 0 Å². The second-order valence-electron chi connectivity index (χ2n) is 2.07. The standard InChI is InChI=1S/C9H10N2/c1-3-5-8-6-10-7-11-9(8)4-2/h3-7H,2H2,1H3/b5-3-. The van der Waals surface area contributed by atoms with Gasteiger partial charge in [-0.05, 0) is 13.0 Å². The molecule has 2 heteroatoms. The van der Waals surface area contributed by atoms with E-state index in [9.17, 15) is 0 Å². The van der Waals surface area contributed by atoms with Crippen LogP contribution in [-0.2, 0) is 0 Å². The quantitative estimate of drug-likeness (QED) is 0.639. The van der Waals surface area contributed by atoms with Gasteiger partial charge in [-0.2, -0.15) is 0 Å². The van der Waals surface area contributed by atoms with Gasteiger partial charge in [-0.15, -0.1) is 0 Å². The summed E-state index contributed by atoms with van der Waals surface area (Å²) in [6, 6.07) is 0. The van der Waals surface area contributed by atoms with Gasteiger partial charge >= 0.3 is 0 Å². The fourth-order valence-corrected chi connectivity index (χ4v) is 0.828. The van der Waals surface area contributed by atoms with E-state index >= 15 is 0 Å². The third kappa shape index (κ3) is 1.74. The van der Waals surface area contributed by atoms with Gasteiger partial charge in [0.2, 0.25) is 0 Å². The molecule has 0 saturated heterocycles. The van der Waals surface area contributed by atoms with E-state index in [1.807, 2.05) is 19.1 Å². The Balaban J connectivity index is 3.11. The van der Waals surface area contributed by atoms with Crippen molar-refractivity contribution in [3.05, 3.63) is 36.4 Å². The molecule has 0 spiro atoms. The number of nitrogens with zero attached hydrogens (tertiary/aromatic N) is 2. The summed E-state index contributed by atoms with van der Waals surface area (Å²) in [5.41, 5.74) is 1.88. The highest BCUT2D eigenvalue weighted by Crippen LogP contribution is 2.06. The zero-order valence-corrected chi connectivity index (χ0v) is 6.49. The van der Waals surface area contributed by atoms with Gasteiger partial charge in [-0.25, -0.2) is 9.97 Å². The topological polar surface area (TPSA) is 25.8 Å². The average molecular weight is 146 g/mol. The van der Waals surface area contributed by atoms with Gasteiger partial charge in [-0.1, -0.05) is 18.7 Å². The molecule has 0 aliphatic rings. The van der Waals surface area contributed by atoms with Crippen LogP contribution in [0.3, 0.4) is 0 Å². The molecule has 0 bridgehead atoms. The lowest BCUT2D eigenvalue weighted by atomic mass is 10.2. The van der Waals surface area contributed by atoms with Crippen LogP contribution in [-0.4, -0.2) is 9.97 Å². The van der Waals surface area contributed by atoms with Crippen molar-refractivity contribution >= 4 is 12.2 Å². The Labute approximate surface area is 66.3 Å². The second kappa shape index (κ2) is 3.66. The molecule has 0 aromatic carbocycles. The number of rotatable bonds is 2. The van der Waals surface area contributed by atoms with Crippen LogP contribution in [0.4, 0.5) is 0 Å². The maximum atomic E-state index is 4.04. The first-order valence-corrected chi connectivity index (χ1v) is 3.43. The lowest BCUT2D eigenvalue weighted by molar-refractivity contribution is 1.14. The Morgan fingerprint density at radius 3 is 3.00 bits per heavy atom. The van der Waals surface area contributed by atoms with Crippen molar-refractivity contribution in [3.63, 3.8) is 0 Å². The van der Waals surface area contributed by atoms with Crippen LogP contribution >= 0.6 is 0 Å². The third-order valence-electron chi connectivity index (χ3n) is 1.31. The summed E-state index contributed by atoms with van der Waals surface area (Å²) >= 11 is 0. The molecule has 11 heavy (non-hydrogen) atoms. The first-order chi connectivity index (χ1) is 5.38. The lowest BCUT2D eigenvalue weighted by Crippen LogP contribution is -1.86. The third-order valence-corrected chi connectivity index (χ3v) is 1.31. The Morgan fingerprint density at radius 1 is 1.55 bits per heavy atom. The maximum Gasteiger partial charge on any atom is 0.116 e. The highest BCUT2D eigenvalue weighted by atomic mass is 14.8. The molecule has 0 fully saturated rings. The first kappa shape index (κ1) is 7.66. The fourth-order valence-electron chi connectivity index (χ4n) is 0.828. The Morgan fingerprint density at radius 2 is 2.36 bits per heavy atom. The van der Waals surface area contributed by atoms with Gasteiger partial charge in [0.15, 0.2) is 0 Å². The summed E-state index contributed by atoms with van der Waals surface area (Å²) in [5.74, 6) is 0. The monoisotopic (exact) mass is 146 g/mol. The normalized spacial score (nSPS) is 10.3. The van der Waals surface area contributed by atoms with Crippen molar-refractivity contribution in [2.45, 2.75) is 6.92 Å². The average Bonchev–Trinajstić information content (AvgIpc) is 2.06. The molecular formula is C9H10N2. The molecule has 0 saturated carbocycles. The van der Waals surface area contributed by atoms with E-state index in [4.69, 9.17) is 0 Å². The lowest BCUT2D eigenvalue weighted by Gasteiger charge is -1.95. The van der Waals surface area contributed by atoms with Gasteiger partial charge in [0.05, 0.1) is 5.69 Å². The first-order valence-electron chi connectivity index (χ1n) is 3.43. The summed E-state index contributed by atoms with van der Waals surface area (Å²) < 4.78 is 0. The zero-order valence-electron chi connectivity index (χ0n) is 6.49. The minimum Gasteiger partial charge on any atom is -0.244 e. The van der Waals surface area contributed by atoms with E-state index in [1.54, 1.807) is 12.3 Å². The van der Waals surface area contributed by atoms with Crippen LogP contribution < -0.4 is 0 Å². The van der Waals surface area contributed by atoms with E-state index in [2.05, 4.69) is 16.5 Å². The van der Waals surface area contributed by atoms with Crippen LogP contribution in [0.1, 0.15) is 18.2 Å². The molecule has 2 nitrogen and oxygen atoms in total. The van der Waals surface area contributed by atoms with Crippen molar-refractivity contribution < 1.29 is 0 Å². The van der Waals surface area contributed by atoms with Crippen LogP contribution in [0.25, 0.3) is 12.2 Å². The molecule has 1 aromatic rings. The Hall–Kier alpha value is -1.44. The highest BCUT2D eigenvalue weighted by Gasteiger charge is 1.93. The molecule has 0 aliphatic heterocycles. The molecule has 0 N–H and O–H groups in total. The molecule has 0 aliphatic carbocycles. The predicted molar refractivity (Wildman–Crippen MR) is 46.8 cm³/mol. The summed E-state index contributed by atoms with van der Waals surface area (Å²) in [4.78, 5) is 7.94. The van der Waals surface area contributed by atoms with Crippen LogP contribution in [0.2, 0.25) is 0 Å². The van der Waals surface area contributed by atoms with Gasteiger partial charge < -0.3 is 0 Å². The number of hydrogen-bond acceptors (Lipinski definition) is 2. The number of hydrogen-bond donors (Lipinski definition) is 0. The molecule has 0 amide bonds.